The maximum Gasteiger partial charge on any atom is 0.325 e. The van der Waals surface area contributed by atoms with Gasteiger partial charge in [0.2, 0.25) is 0 Å². The number of carbonyl (C=O) groups is 2. The lowest BCUT2D eigenvalue weighted by Crippen LogP contribution is -2.47. The molecule has 0 heterocycles. The summed E-state index contributed by atoms with van der Waals surface area (Å²) in [6, 6.07) is -1.42. The second-order valence-corrected chi connectivity index (χ2v) is 3.36. The summed E-state index contributed by atoms with van der Waals surface area (Å²) in [5.41, 5.74) is 0. The molecule has 0 aromatic heterocycles. The number of amides is 2. The minimum Gasteiger partial charge on any atom is -0.480 e. The van der Waals surface area contributed by atoms with Gasteiger partial charge in [0, 0.05) is 19.8 Å². The molecule has 0 spiro atoms. The van der Waals surface area contributed by atoms with Crippen LogP contribution in [0.15, 0.2) is 0 Å². The minimum atomic E-state index is -1.06. The third-order valence-electron chi connectivity index (χ3n) is 1.85. The Balaban J connectivity index is 3.77. The highest BCUT2D eigenvalue weighted by atomic mass is 16.5. The lowest BCUT2D eigenvalue weighted by atomic mass is 10.2. The van der Waals surface area contributed by atoms with Crippen molar-refractivity contribution in [2.45, 2.75) is 32.4 Å². The number of nitrogens with one attached hydrogen (secondary N) is 2. The predicted molar refractivity (Wildman–Crippen MR) is 54.7 cm³/mol. The third-order valence-corrected chi connectivity index (χ3v) is 1.85. The van der Waals surface area contributed by atoms with Gasteiger partial charge in [0.1, 0.15) is 6.04 Å². The Morgan fingerprint density at radius 3 is 2.40 bits per heavy atom. The molecule has 2 atom stereocenters. The SMILES string of the molecule is COCCC(C)NC(=O)NC(C)C(=O)O. The van der Waals surface area contributed by atoms with Gasteiger partial charge in [-0.2, -0.15) is 0 Å². The van der Waals surface area contributed by atoms with Crippen molar-refractivity contribution in [2.75, 3.05) is 13.7 Å². The molecule has 0 radical (unpaired) electrons. The van der Waals surface area contributed by atoms with E-state index in [-0.39, 0.29) is 6.04 Å². The van der Waals surface area contributed by atoms with Gasteiger partial charge in [0.25, 0.3) is 0 Å². The number of carboxylic acids is 1. The first kappa shape index (κ1) is 13.7. The molecule has 6 nitrogen and oxygen atoms in total. The van der Waals surface area contributed by atoms with E-state index in [9.17, 15) is 9.59 Å². The molecule has 3 N–H and O–H groups in total. The topological polar surface area (TPSA) is 87.7 Å². The first-order chi connectivity index (χ1) is 6.97. The number of carbonyl (C=O) groups excluding carboxylic acids is 1. The Morgan fingerprint density at radius 1 is 1.33 bits per heavy atom. The number of carboxylic acid groups (broad SMARTS) is 1. The summed E-state index contributed by atoms with van der Waals surface area (Å²) in [5, 5.41) is 13.4. The highest BCUT2D eigenvalue weighted by Crippen LogP contribution is 1.91. The fraction of sp³-hybridized carbons (Fsp3) is 0.778. The molecule has 0 saturated heterocycles. The van der Waals surface area contributed by atoms with Crippen LogP contribution in [0.2, 0.25) is 0 Å². The number of methoxy groups -OCH3 is 1. The van der Waals surface area contributed by atoms with Gasteiger partial charge in [0.05, 0.1) is 0 Å². The zero-order chi connectivity index (χ0) is 11.8. The maximum atomic E-state index is 11.2. The van der Waals surface area contributed by atoms with Crippen molar-refractivity contribution < 1.29 is 19.4 Å². The Morgan fingerprint density at radius 2 is 1.93 bits per heavy atom. The fourth-order valence-corrected chi connectivity index (χ4v) is 0.891. The van der Waals surface area contributed by atoms with Crippen LogP contribution in [0.5, 0.6) is 0 Å². The smallest absolute Gasteiger partial charge is 0.325 e. The van der Waals surface area contributed by atoms with Gasteiger partial charge >= 0.3 is 12.0 Å². The molecule has 0 aromatic rings. The summed E-state index contributed by atoms with van der Waals surface area (Å²) in [7, 11) is 1.58. The van der Waals surface area contributed by atoms with Gasteiger partial charge in [-0.25, -0.2) is 4.79 Å². The molecule has 0 bridgehead atoms. The van der Waals surface area contributed by atoms with E-state index >= 15 is 0 Å². The van der Waals surface area contributed by atoms with Crippen LogP contribution in [0.25, 0.3) is 0 Å². The van der Waals surface area contributed by atoms with E-state index < -0.39 is 18.0 Å². The number of ether oxygens (including phenoxy) is 1. The number of rotatable bonds is 6. The molecular weight excluding hydrogens is 200 g/mol. The first-order valence-corrected chi connectivity index (χ1v) is 4.76. The van der Waals surface area contributed by atoms with E-state index in [2.05, 4.69) is 10.6 Å². The molecule has 2 unspecified atom stereocenters. The molecule has 0 aliphatic rings. The van der Waals surface area contributed by atoms with E-state index in [0.29, 0.717) is 13.0 Å². The molecular formula is C9H18N2O4. The van der Waals surface area contributed by atoms with Crippen molar-refractivity contribution >= 4 is 12.0 Å². The van der Waals surface area contributed by atoms with Gasteiger partial charge in [-0.05, 0) is 20.3 Å². The molecule has 6 heteroatoms. The molecule has 2 amide bonds. The lowest BCUT2D eigenvalue weighted by Gasteiger charge is -2.15. The Kier molecular flexibility index (Phi) is 6.44. The van der Waals surface area contributed by atoms with Crippen molar-refractivity contribution in [1.82, 2.24) is 10.6 Å². The summed E-state index contributed by atoms with van der Waals surface area (Å²) in [4.78, 5) is 21.6. The third kappa shape index (κ3) is 6.73. The summed E-state index contributed by atoms with van der Waals surface area (Å²) in [6.45, 7) is 3.78. The van der Waals surface area contributed by atoms with E-state index in [1.54, 1.807) is 7.11 Å². The number of hydrogen-bond acceptors (Lipinski definition) is 3. The quantitative estimate of drug-likeness (QED) is 0.593. The van der Waals surface area contributed by atoms with E-state index in [0.717, 1.165) is 0 Å². The Hall–Kier alpha value is -1.30. The Bertz CT molecular complexity index is 220. The van der Waals surface area contributed by atoms with Crippen molar-refractivity contribution in [3.8, 4) is 0 Å². The van der Waals surface area contributed by atoms with Crippen molar-refractivity contribution in [1.29, 1.82) is 0 Å². The van der Waals surface area contributed by atoms with Crippen molar-refractivity contribution in [2.24, 2.45) is 0 Å². The van der Waals surface area contributed by atoms with E-state index in [1.807, 2.05) is 6.92 Å². The van der Waals surface area contributed by atoms with Crippen LogP contribution in [0, 0.1) is 0 Å². The van der Waals surface area contributed by atoms with Crippen molar-refractivity contribution in [3.05, 3.63) is 0 Å². The lowest BCUT2D eigenvalue weighted by molar-refractivity contribution is -0.138. The average molecular weight is 218 g/mol. The number of aliphatic carboxylic acids is 1. The molecule has 88 valence electrons. The zero-order valence-corrected chi connectivity index (χ0v) is 9.24. The van der Waals surface area contributed by atoms with Gasteiger partial charge in [-0.1, -0.05) is 0 Å². The molecule has 0 fully saturated rings. The van der Waals surface area contributed by atoms with Crippen LogP contribution < -0.4 is 10.6 Å². The zero-order valence-electron chi connectivity index (χ0n) is 9.24. The molecule has 0 aliphatic carbocycles. The summed E-state index contributed by atoms with van der Waals surface area (Å²) in [5.74, 6) is -1.06. The van der Waals surface area contributed by atoms with E-state index in [1.165, 1.54) is 6.92 Å². The Labute approximate surface area is 89.0 Å². The van der Waals surface area contributed by atoms with Gasteiger partial charge in [0.15, 0.2) is 0 Å². The highest BCUT2D eigenvalue weighted by molar-refractivity contribution is 5.82. The maximum absolute atomic E-state index is 11.2. The van der Waals surface area contributed by atoms with E-state index in [4.69, 9.17) is 9.84 Å². The summed E-state index contributed by atoms with van der Waals surface area (Å²) in [6.07, 6.45) is 0.686. The average Bonchev–Trinajstić information content (AvgIpc) is 2.14. The molecule has 0 rings (SSSR count). The van der Waals surface area contributed by atoms with Crippen LogP contribution in [-0.4, -0.2) is 42.9 Å². The van der Waals surface area contributed by atoms with Crippen LogP contribution >= 0.6 is 0 Å². The van der Waals surface area contributed by atoms with Crippen LogP contribution in [0.1, 0.15) is 20.3 Å². The predicted octanol–water partition coefficient (Wildman–Crippen LogP) is 0.184. The van der Waals surface area contributed by atoms with Gasteiger partial charge in [-0.15, -0.1) is 0 Å². The second-order valence-electron chi connectivity index (χ2n) is 3.36. The van der Waals surface area contributed by atoms with Crippen LogP contribution in [0.4, 0.5) is 4.79 Å². The van der Waals surface area contributed by atoms with Crippen molar-refractivity contribution in [3.63, 3.8) is 0 Å². The highest BCUT2D eigenvalue weighted by Gasteiger charge is 2.14. The largest absolute Gasteiger partial charge is 0.480 e. The summed E-state index contributed by atoms with van der Waals surface area (Å²) < 4.78 is 4.85. The van der Waals surface area contributed by atoms with Gasteiger partial charge in [-0.3, -0.25) is 4.79 Å². The molecule has 0 aromatic carbocycles. The van der Waals surface area contributed by atoms with Crippen LogP contribution in [0.3, 0.4) is 0 Å². The van der Waals surface area contributed by atoms with Gasteiger partial charge < -0.3 is 20.5 Å². The van der Waals surface area contributed by atoms with Crippen LogP contribution in [-0.2, 0) is 9.53 Å². The first-order valence-electron chi connectivity index (χ1n) is 4.76. The second kappa shape index (κ2) is 7.05. The molecule has 0 aliphatic heterocycles. The normalized spacial score (nSPS) is 14.1. The fourth-order valence-electron chi connectivity index (χ4n) is 0.891. The monoisotopic (exact) mass is 218 g/mol. The minimum absolute atomic E-state index is 0.0501. The summed E-state index contributed by atoms with van der Waals surface area (Å²) >= 11 is 0. The molecule has 0 saturated carbocycles. The molecule has 15 heavy (non-hydrogen) atoms. The standard InChI is InChI=1S/C9H18N2O4/c1-6(4-5-15-3)10-9(14)11-7(2)8(12)13/h6-7H,4-5H2,1-3H3,(H,12,13)(H2,10,11,14). The number of urea groups is 1. The number of hydrogen-bond donors (Lipinski definition) is 3.